The van der Waals surface area contributed by atoms with Gasteiger partial charge in [-0.15, -0.1) is 0 Å². The fourth-order valence-electron chi connectivity index (χ4n) is 2.47. The molecule has 20 heavy (non-hydrogen) atoms. The van der Waals surface area contributed by atoms with Crippen LogP contribution in [0.15, 0.2) is 0 Å². The van der Waals surface area contributed by atoms with Crippen LogP contribution in [0.4, 0.5) is 5.13 Å². The summed E-state index contributed by atoms with van der Waals surface area (Å²) in [5.41, 5.74) is 0. The Bertz CT molecular complexity index is 415. The number of aromatic nitrogens is 1. The molecule has 1 unspecified atom stereocenters. The molecule has 6 heteroatoms. The molecule has 2 rings (SSSR count). The van der Waals surface area contributed by atoms with Gasteiger partial charge in [0, 0.05) is 33.2 Å². The summed E-state index contributed by atoms with van der Waals surface area (Å²) in [6.07, 6.45) is 2.70. The van der Waals surface area contributed by atoms with E-state index in [0.29, 0.717) is 6.04 Å². The molecule has 2 heterocycles. The molecule has 1 aliphatic rings. The highest BCUT2D eigenvalue weighted by atomic mass is 32.1. The molecule has 0 spiro atoms. The maximum Gasteiger partial charge on any atom is 0.230 e. The first kappa shape index (κ1) is 15.5. The van der Waals surface area contributed by atoms with Crippen LogP contribution >= 0.6 is 11.3 Å². The van der Waals surface area contributed by atoms with Crippen LogP contribution in [0.3, 0.4) is 0 Å². The summed E-state index contributed by atoms with van der Waals surface area (Å²) >= 11 is 1.69. The Morgan fingerprint density at radius 1 is 1.40 bits per heavy atom. The zero-order chi connectivity index (χ0) is 14.5. The van der Waals surface area contributed by atoms with E-state index in [1.165, 1.54) is 30.8 Å². The highest BCUT2D eigenvalue weighted by molar-refractivity contribution is 7.15. The zero-order valence-corrected chi connectivity index (χ0v) is 13.8. The van der Waals surface area contributed by atoms with Gasteiger partial charge in [-0.25, -0.2) is 0 Å². The molecule has 0 bridgehead atoms. The summed E-state index contributed by atoms with van der Waals surface area (Å²) in [6, 6.07) is 0.489. The van der Waals surface area contributed by atoms with E-state index in [2.05, 4.69) is 22.1 Å². The highest BCUT2D eigenvalue weighted by Crippen LogP contribution is 2.30. The minimum atomic E-state index is 0.489. The Hall–Kier alpha value is -0.850. The molecule has 5 nitrogen and oxygen atoms in total. The van der Waals surface area contributed by atoms with E-state index in [9.17, 15) is 0 Å². The lowest BCUT2D eigenvalue weighted by Gasteiger charge is -2.21. The summed E-state index contributed by atoms with van der Waals surface area (Å²) < 4.78 is 5.36. The predicted octanol–water partition coefficient (Wildman–Crippen LogP) is 1.79. The molecule has 114 valence electrons. The topological polar surface area (TPSA) is 40.6 Å². The van der Waals surface area contributed by atoms with Gasteiger partial charge in [0.25, 0.3) is 0 Å². The Morgan fingerprint density at radius 3 is 2.70 bits per heavy atom. The molecular formula is C14H26N4OS. The Morgan fingerprint density at radius 2 is 2.10 bits per heavy atom. The van der Waals surface area contributed by atoms with Crippen molar-refractivity contribution in [2.45, 2.75) is 32.4 Å². The van der Waals surface area contributed by atoms with Gasteiger partial charge in [-0.2, -0.15) is 4.98 Å². The van der Waals surface area contributed by atoms with Gasteiger partial charge in [-0.1, -0.05) is 11.3 Å². The minimum Gasteiger partial charge on any atom is -0.480 e. The van der Waals surface area contributed by atoms with E-state index >= 15 is 0 Å². The Balaban J connectivity index is 1.85. The standard InChI is InChI=1S/C14H26N4OS/c1-11(10-18-7-5-6-8-18)15-9-12-13(19-4)16-14(20-12)17(2)3/h11,15H,5-10H2,1-4H3. The van der Waals surface area contributed by atoms with Crippen LogP contribution in [-0.2, 0) is 6.54 Å². The molecule has 0 aromatic carbocycles. The van der Waals surface area contributed by atoms with Crippen LogP contribution in [0.1, 0.15) is 24.6 Å². The number of thiazole rings is 1. The molecule has 0 amide bonds. The van der Waals surface area contributed by atoms with Gasteiger partial charge in [0.2, 0.25) is 5.88 Å². The van der Waals surface area contributed by atoms with Crippen LogP contribution in [0, 0.1) is 0 Å². The molecule has 0 aliphatic carbocycles. The second kappa shape index (κ2) is 7.24. The Kier molecular flexibility index (Phi) is 5.63. The third-order valence-electron chi connectivity index (χ3n) is 3.57. The molecule has 0 saturated carbocycles. The van der Waals surface area contributed by atoms with Crippen LogP contribution in [0.25, 0.3) is 0 Å². The average molecular weight is 298 g/mol. The van der Waals surface area contributed by atoms with Crippen molar-refractivity contribution in [2.24, 2.45) is 0 Å². The second-order valence-electron chi connectivity index (χ2n) is 5.61. The van der Waals surface area contributed by atoms with Crippen molar-refractivity contribution in [1.82, 2.24) is 15.2 Å². The summed E-state index contributed by atoms with van der Waals surface area (Å²) in [4.78, 5) is 10.2. The van der Waals surface area contributed by atoms with Crippen molar-refractivity contribution in [3.63, 3.8) is 0 Å². The van der Waals surface area contributed by atoms with Crippen molar-refractivity contribution in [1.29, 1.82) is 0 Å². The third-order valence-corrected chi connectivity index (χ3v) is 4.77. The van der Waals surface area contributed by atoms with Gasteiger partial charge in [0.1, 0.15) is 0 Å². The number of anilines is 1. The summed E-state index contributed by atoms with van der Waals surface area (Å²) in [6.45, 7) is 6.70. The number of likely N-dealkylation sites (tertiary alicyclic amines) is 1. The van der Waals surface area contributed by atoms with Crippen LogP contribution in [0.2, 0.25) is 0 Å². The number of nitrogens with zero attached hydrogens (tertiary/aromatic N) is 3. The van der Waals surface area contributed by atoms with Gasteiger partial charge in [-0.05, 0) is 32.9 Å². The van der Waals surface area contributed by atoms with E-state index in [1.54, 1.807) is 18.4 Å². The summed E-state index contributed by atoms with van der Waals surface area (Å²) in [7, 11) is 5.70. The van der Waals surface area contributed by atoms with E-state index in [0.717, 1.165) is 24.1 Å². The smallest absolute Gasteiger partial charge is 0.230 e. The fraction of sp³-hybridized carbons (Fsp3) is 0.786. The minimum absolute atomic E-state index is 0.489. The number of rotatable bonds is 7. The molecular weight excluding hydrogens is 272 g/mol. The Labute approximate surface area is 125 Å². The zero-order valence-electron chi connectivity index (χ0n) is 13.0. The molecule has 1 fully saturated rings. The van der Waals surface area contributed by atoms with E-state index in [-0.39, 0.29) is 0 Å². The molecule has 1 N–H and O–H groups in total. The largest absolute Gasteiger partial charge is 0.480 e. The van der Waals surface area contributed by atoms with Gasteiger partial charge in [0.05, 0.1) is 12.0 Å². The molecule has 1 atom stereocenters. The van der Waals surface area contributed by atoms with Crippen molar-refractivity contribution >= 4 is 16.5 Å². The predicted molar refractivity (Wildman–Crippen MR) is 85.0 cm³/mol. The maximum atomic E-state index is 5.36. The lowest BCUT2D eigenvalue weighted by molar-refractivity contribution is 0.297. The van der Waals surface area contributed by atoms with Crippen molar-refractivity contribution in [3.8, 4) is 5.88 Å². The third kappa shape index (κ3) is 4.07. The summed E-state index contributed by atoms with van der Waals surface area (Å²) in [5, 5.41) is 4.57. The lowest BCUT2D eigenvalue weighted by Crippen LogP contribution is -2.37. The van der Waals surface area contributed by atoms with Crippen LogP contribution in [-0.4, -0.2) is 56.8 Å². The molecule has 1 aliphatic heterocycles. The van der Waals surface area contributed by atoms with E-state index < -0.39 is 0 Å². The van der Waals surface area contributed by atoms with Crippen LogP contribution in [0.5, 0.6) is 5.88 Å². The number of hydrogen-bond donors (Lipinski definition) is 1. The number of nitrogens with one attached hydrogen (secondary N) is 1. The quantitative estimate of drug-likeness (QED) is 0.831. The lowest BCUT2D eigenvalue weighted by atomic mass is 10.3. The van der Waals surface area contributed by atoms with Gasteiger partial charge in [0.15, 0.2) is 5.13 Å². The monoisotopic (exact) mass is 298 g/mol. The SMILES string of the molecule is COc1nc(N(C)C)sc1CNC(C)CN1CCCC1. The number of hydrogen-bond acceptors (Lipinski definition) is 6. The normalized spacial score (nSPS) is 17.4. The average Bonchev–Trinajstić information content (AvgIpc) is 3.04. The van der Waals surface area contributed by atoms with Gasteiger partial charge in [-0.3, -0.25) is 0 Å². The molecule has 1 aromatic rings. The molecule has 1 saturated heterocycles. The maximum absolute atomic E-state index is 5.36. The first-order valence-corrected chi connectivity index (χ1v) is 8.08. The number of methoxy groups -OCH3 is 1. The fourth-order valence-corrected chi connectivity index (χ4v) is 3.38. The van der Waals surface area contributed by atoms with Crippen molar-refractivity contribution in [2.75, 3.05) is 45.7 Å². The van der Waals surface area contributed by atoms with E-state index in [1.807, 2.05) is 19.0 Å². The molecule has 1 aromatic heterocycles. The number of ether oxygens (including phenoxy) is 1. The first-order valence-electron chi connectivity index (χ1n) is 7.27. The highest BCUT2D eigenvalue weighted by Gasteiger charge is 2.16. The van der Waals surface area contributed by atoms with Gasteiger partial charge < -0.3 is 19.9 Å². The second-order valence-corrected chi connectivity index (χ2v) is 6.68. The van der Waals surface area contributed by atoms with E-state index in [4.69, 9.17) is 4.74 Å². The van der Waals surface area contributed by atoms with Crippen molar-refractivity contribution < 1.29 is 4.74 Å². The van der Waals surface area contributed by atoms with Crippen molar-refractivity contribution in [3.05, 3.63) is 4.88 Å². The van der Waals surface area contributed by atoms with Crippen LogP contribution < -0.4 is 15.0 Å². The first-order chi connectivity index (χ1) is 9.60. The molecule has 0 radical (unpaired) electrons. The van der Waals surface area contributed by atoms with Gasteiger partial charge >= 0.3 is 0 Å². The summed E-state index contributed by atoms with van der Waals surface area (Å²) in [5.74, 6) is 0.750.